The van der Waals surface area contributed by atoms with Crippen molar-refractivity contribution in [1.82, 2.24) is 29.1 Å². The molecule has 0 radical (unpaired) electrons. The van der Waals surface area contributed by atoms with E-state index >= 15 is 0 Å². The molecule has 5 heterocycles. The van der Waals surface area contributed by atoms with Gasteiger partial charge >= 0.3 is 0 Å². The fourth-order valence-electron chi connectivity index (χ4n) is 7.44. The number of nitrogens with one attached hydrogen (secondary N) is 2. The smallest absolute Gasteiger partial charge is 0.243 e. The molecule has 49 heavy (non-hydrogen) atoms. The number of hydrogen-bond donors (Lipinski definition) is 2. The quantitative estimate of drug-likeness (QED) is 0.170. The zero-order chi connectivity index (χ0) is 34.1. The summed E-state index contributed by atoms with van der Waals surface area (Å²) in [5.74, 6) is 2.28. The molecule has 2 atom stereocenters. The van der Waals surface area contributed by atoms with Crippen LogP contribution >= 0.6 is 12.2 Å². The lowest BCUT2D eigenvalue weighted by Gasteiger charge is -2.37. The molecule has 3 saturated heterocycles. The second-order valence-corrected chi connectivity index (χ2v) is 15.6. The molecule has 0 saturated carbocycles. The number of thiocarbonyl (C=S) groups is 1. The van der Waals surface area contributed by atoms with E-state index in [0.717, 1.165) is 78.1 Å². The van der Waals surface area contributed by atoms with E-state index in [4.69, 9.17) is 26.7 Å². The molecular weight excluding hydrogens is 661 g/mol. The van der Waals surface area contributed by atoms with Crippen molar-refractivity contribution in [3.63, 3.8) is 0 Å². The third-order valence-electron chi connectivity index (χ3n) is 10.3. The number of ether oxygens (including phenoxy) is 2. The Bertz CT molecular complexity index is 1910. The lowest BCUT2D eigenvalue weighted by Crippen LogP contribution is -2.50. The van der Waals surface area contributed by atoms with Gasteiger partial charge in [-0.3, -0.25) is 0 Å². The third kappa shape index (κ3) is 6.88. The summed E-state index contributed by atoms with van der Waals surface area (Å²) in [5.41, 5.74) is 2.46. The van der Waals surface area contributed by atoms with E-state index in [1.807, 2.05) is 19.1 Å². The Balaban J connectivity index is 0.993. The van der Waals surface area contributed by atoms with Crippen LogP contribution in [0.2, 0.25) is 0 Å². The molecule has 2 aromatic carbocycles. The Morgan fingerprint density at radius 1 is 0.980 bits per heavy atom. The van der Waals surface area contributed by atoms with E-state index in [1.165, 1.54) is 19.4 Å². The van der Waals surface area contributed by atoms with Crippen LogP contribution < -0.4 is 19.7 Å². The lowest BCUT2D eigenvalue weighted by atomic mass is 10.1. The molecule has 2 unspecified atom stereocenters. The fraction of sp³-hybridized carbons (Fsp3) is 0.514. The predicted octanol–water partition coefficient (Wildman–Crippen LogP) is 5.06. The van der Waals surface area contributed by atoms with E-state index in [2.05, 4.69) is 36.9 Å². The highest BCUT2D eigenvalue weighted by atomic mass is 32.2. The molecule has 3 aliphatic rings. The number of rotatable bonds is 10. The molecule has 262 valence electrons. The summed E-state index contributed by atoms with van der Waals surface area (Å²) in [7, 11) is -1.82. The zero-order valence-corrected chi connectivity index (χ0v) is 30.2. The standard InChI is InChI=1S/C35H46N8O4S2/c1-24-7-4-13-40(24)14-6-20-47-31-22-29-28(21-30(31)46-3)32-33(39-29)36-23-37-34(32)41-16-18-42(19-17-41)35(48)38-26-9-11-27(12-10-26)49(44,45)43-15-5-8-25(43)2/h9-12,21-25H,4-8,13-20H2,1-3H3,(H,38,48)(H,36,37,39). The average molecular weight is 707 g/mol. The molecule has 0 aliphatic carbocycles. The van der Waals surface area contributed by atoms with Crippen LogP contribution in [0.5, 0.6) is 11.5 Å². The van der Waals surface area contributed by atoms with Gasteiger partial charge in [0.05, 0.1) is 29.5 Å². The van der Waals surface area contributed by atoms with E-state index in [0.29, 0.717) is 48.0 Å². The van der Waals surface area contributed by atoms with Gasteiger partial charge in [0, 0.05) is 68.5 Å². The number of methoxy groups -OCH3 is 1. The number of anilines is 2. The minimum absolute atomic E-state index is 0.0298. The highest BCUT2D eigenvalue weighted by molar-refractivity contribution is 7.89. The summed E-state index contributed by atoms with van der Waals surface area (Å²) in [6.07, 6.45) is 6.93. The van der Waals surface area contributed by atoms with Gasteiger partial charge in [0.25, 0.3) is 0 Å². The number of aromatic amines is 1. The fourth-order valence-corrected chi connectivity index (χ4v) is 9.44. The monoisotopic (exact) mass is 706 g/mol. The molecule has 2 N–H and O–H groups in total. The van der Waals surface area contributed by atoms with E-state index < -0.39 is 10.0 Å². The maximum Gasteiger partial charge on any atom is 0.243 e. The number of hydrogen-bond acceptors (Lipinski definition) is 9. The first-order chi connectivity index (χ1) is 23.7. The number of benzene rings is 2. The number of nitrogens with zero attached hydrogens (tertiary/aromatic N) is 6. The summed E-state index contributed by atoms with van der Waals surface area (Å²) in [6.45, 7) is 10.5. The molecule has 3 fully saturated rings. The predicted molar refractivity (Wildman–Crippen MR) is 197 cm³/mol. The first-order valence-corrected chi connectivity index (χ1v) is 19.2. The van der Waals surface area contributed by atoms with Crippen molar-refractivity contribution in [1.29, 1.82) is 0 Å². The van der Waals surface area contributed by atoms with Crippen LogP contribution in [0, 0.1) is 0 Å². The maximum absolute atomic E-state index is 13.1. The summed E-state index contributed by atoms with van der Waals surface area (Å²) >= 11 is 5.77. The molecule has 3 aliphatic heterocycles. The second kappa shape index (κ2) is 14.3. The van der Waals surface area contributed by atoms with Crippen LogP contribution in [0.1, 0.15) is 46.0 Å². The van der Waals surface area contributed by atoms with Crippen LogP contribution in [-0.4, -0.2) is 114 Å². The molecule has 4 aromatic rings. The van der Waals surface area contributed by atoms with Gasteiger partial charge in [-0.25, -0.2) is 18.4 Å². The first-order valence-electron chi connectivity index (χ1n) is 17.4. The molecule has 12 nitrogen and oxygen atoms in total. The molecule has 7 rings (SSSR count). The van der Waals surface area contributed by atoms with Gasteiger partial charge in [-0.2, -0.15) is 4.31 Å². The van der Waals surface area contributed by atoms with Crippen molar-refractivity contribution in [2.45, 2.75) is 62.9 Å². The van der Waals surface area contributed by atoms with E-state index in [-0.39, 0.29) is 6.04 Å². The van der Waals surface area contributed by atoms with Crippen molar-refractivity contribution in [2.24, 2.45) is 0 Å². The first kappa shape index (κ1) is 33.8. The van der Waals surface area contributed by atoms with Crippen LogP contribution in [0.4, 0.5) is 11.5 Å². The van der Waals surface area contributed by atoms with Gasteiger partial charge in [-0.15, -0.1) is 0 Å². The largest absolute Gasteiger partial charge is 0.493 e. The van der Waals surface area contributed by atoms with Crippen molar-refractivity contribution in [3.8, 4) is 11.5 Å². The Morgan fingerprint density at radius 2 is 1.73 bits per heavy atom. The van der Waals surface area contributed by atoms with E-state index in [1.54, 1.807) is 42.0 Å². The van der Waals surface area contributed by atoms with Crippen LogP contribution in [0.25, 0.3) is 21.9 Å². The summed E-state index contributed by atoms with van der Waals surface area (Å²) in [6, 6.07) is 11.6. The minimum Gasteiger partial charge on any atom is -0.493 e. The number of sulfonamides is 1. The van der Waals surface area contributed by atoms with Gasteiger partial charge in [0.15, 0.2) is 16.6 Å². The van der Waals surface area contributed by atoms with E-state index in [9.17, 15) is 8.42 Å². The number of H-pyrrole nitrogens is 1. The van der Waals surface area contributed by atoms with Gasteiger partial charge < -0.3 is 34.5 Å². The molecule has 0 amide bonds. The van der Waals surface area contributed by atoms with Gasteiger partial charge in [0.2, 0.25) is 10.0 Å². The minimum atomic E-state index is -3.50. The second-order valence-electron chi connectivity index (χ2n) is 13.4. The highest BCUT2D eigenvalue weighted by Gasteiger charge is 2.32. The maximum atomic E-state index is 13.1. The highest BCUT2D eigenvalue weighted by Crippen LogP contribution is 2.38. The van der Waals surface area contributed by atoms with Gasteiger partial charge in [-0.1, -0.05) is 0 Å². The average Bonchev–Trinajstić information content (AvgIpc) is 3.84. The van der Waals surface area contributed by atoms with Crippen LogP contribution in [0.15, 0.2) is 47.6 Å². The number of fused-ring (bicyclic) bond motifs is 3. The lowest BCUT2D eigenvalue weighted by molar-refractivity contribution is 0.226. The Hall–Kier alpha value is -3.72. The number of piperazine rings is 1. The van der Waals surface area contributed by atoms with Crippen LogP contribution in [0.3, 0.4) is 0 Å². The molecule has 0 spiro atoms. The molecule has 14 heteroatoms. The Labute approximate surface area is 293 Å². The number of likely N-dealkylation sites (tertiary alicyclic amines) is 1. The Morgan fingerprint density at radius 3 is 2.43 bits per heavy atom. The zero-order valence-electron chi connectivity index (χ0n) is 28.5. The van der Waals surface area contributed by atoms with Crippen LogP contribution in [-0.2, 0) is 10.0 Å². The van der Waals surface area contributed by atoms with Gasteiger partial charge in [0.1, 0.15) is 17.8 Å². The summed E-state index contributed by atoms with van der Waals surface area (Å²) in [5, 5.41) is 5.85. The topological polar surface area (TPSA) is 119 Å². The summed E-state index contributed by atoms with van der Waals surface area (Å²) < 4.78 is 39.8. The van der Waals surface area contributed by atoms with Gasteiger partial charge in [-0.05, 0) is 95.0 Å². The Kier molecular flexibility index (Phi) is 9.82. The molecular formula is C35H46N8O4S2. The van der Waals surface area contributed by atoms with Crippen molar-refractivity contribution >= 4 is 60.8 Å². The molecule has 0 bridgehead atoms. The SMILES string of the molecule is COc1cc2c(cc1OCCCN1CCCC1C)[nH]c1ncnc(N3CCN(C(=S)Nc4ccc(S(=O)(=O)N5CCCC5C)cc4)CC3)c12. The molecule has 2 aromatic heterocycles. The summed E-state index contributed by atoms with van der Waals surface area (Å²) in [4.78, 5) is 20.0. The van der Waals surface area contributed by atoms with Crippen molar-refractivity contribution < 1.29 is 17.9 Å². The van der Waals surface area contributed by atoms with Crippen molar-refractivity contribution in [3.05, 3.63) is 42.7 Å². The normalized spacial score (nSPS) is 20.8. The van der Waals surface area contributed by atoms with Crippen molar-refractivity contribution in [2.75, 3.05) is 69.7 Å². The third-order valence-corrected chi connectivity index (χ3v) is 12.6. The number of aromatic nitrogens is 3.